The smallest absolute Gasteiger partial charge is 0.264 e. The van der Waals surface area contributed by atoms with Gasteiger partial charge in [-0.25, -0.2) is 10.1 Å². The van der Waals surface area contributed by atoms with Gasteiger partial charge in [-0.15, -0.1) is 0 Å². The fourth-order valence-electron chi connectivity index (χ4n) is 4.79. The summed E-state index contributed by atoms with van der Waals surface area (Å²) in [4.78, 5) is 22.7. The number of hydrogen-bond acceptors (Lipinski definition) is 8. The molecule has 9 nitrogen and oxygen atoms in total. The molecule has 2 heterocycles. The highest BCUT2D eigenvalue weighted by atomic mass is 16.1. The van der Waals surface area contributed by atoms with Gasteiger partial charge in [0, 0.05) is 18.2 Å². The van der Waals surface area contributed by atoms with Crippen molar-refractivity contribution in [3.63, 3.8) is 0 Å². The third-order valence-corrected chi connectivity index (χ3v) is 6.39. The molecule has 174 valence electrons. The number of H-pyrrole nitrogens is 1. The van der Waals surface area contributed by atoms with Crippen molar-refractivity contribution in [1.29, 1.82) is 0 Å². The van der Waals surface area contributed by atoms with Gasteiger partial charge in [0.15, 0.2) is 0 Å². The van der Waals surface area contributed by atoms with Gasteiger partial charge in [-0.05, 0) is 49.4 Å². The van der Waals surface area contributed by atoms with Crippen LogP contribution in [0.5, 0.6) is 0 Å². The number of aromatic nitrogens is 2. The predicted octanol–water partition coefficient (Wildman–Crippen LogP) is 3.16. The number of nitrogens with zero attached hydrogens (tertiary/aromatic N) is 4. The number of benzene rings is 2. The van der Waals surface area contributed by atoms with Crippen LogP contribution in [0.3, 0.4) is 0 Å². The first-order valence-corrected chi connectivity index (χ1v) is 11.5. The molecule has 0 unspecified atom stereocenters. The molecule has 5 rings (SSSR count). The summed E-state index contributed by atoms with van der Waals surface area (Å²) in [5, 5.41) is 10.3. The number of anilines is 2. The van der Waals surface area contributed by atoms with Crippen LogP contribution in [0.15, 0.2) is 75.4 Å². The Morgan fingerprint density at radius 3 is 2.53 bits per heavy atom. The Kier molecular flexibility index (Phi) is 5.75. The summed E-state index contributed by atoms with van der Waals surface area (Å²) in [6, 6.07) is 19.4. The van der Waals surface area contributed by atoms with Crippen molar-refractivity contribution in [3.05, 3.63) is 76.6 Å². The van der Waals surface area contributed by atoms with Gasteiger partial charge in [0.2, 0.25) is 11.9 Å². The van der Waals surface area contributed by atoms with Crippen LogP contribution in [-0.2, 0) is 6.54 Å². The second-order valence-electron chi connectivity index (χ2n) is 8.70. The van der Waals surface area contributed by atoms with E-state index in [-0.39, 0.29) is 11.5 Å². The third-order valence-electron chi connectivity index (χ3n) is 6.39. The van der Waals surface area contributed by atoms with Crippen molar-refractivity contribution in [2.24, 2.45) is 21.5 Å². The van der Waals surface area contributed by atoms with Gasteiger partial charge in [-0.2, -0.15) is 10.1 Å². The van der Waals surface area contributed by atoms with Crippen molar-refractivity contribution in [2.45, 2.75) is 44.3 Å². The number of rotatable bonds is 5. The van der Waals surface area contributed by atoms with Gasteiger partial charge in [0.1, 0.15) is 5.66 Å². The average Bonchev–Trinajstić information content (AvgIpc) is 2.84. The third kappa shape index (κ3) is 4.24. The topological polar surface area (TPSA) is 138 Å². The second kappa shape index (κ2) is 9.01. The van der Waals surface area contributed by atoms with Crippen LogP contribution in [-0.4, -0.2) is 27.8 Å². The largest absolute Gasteiger partial charge is 0.379 e. The number of guanidine groups is 2. The fourth-order valence-corrected chi connectivity index (χ4v) is 4.79. The lowest BCUT2D eigenvalue weighted by Gasteiger charge is -2.46. The second-order valence-corrected chi connectivity index (χ2v) is 8.70. The van der Waals surface area contributed by atoms with Crippen molar-refractivity contribution >= 4 is 23.3 Å². The normalized spacial score (nSPS) is 17.2. The van der Waals surface area contributed by atoms with Crippen molar-refractivity contribution < 1.29 is 0 Å². The van der Waals surface area contributed by atoms with Crippen molar-refractivity contribution in [1.82, 2.24) is 10.2 Å². The zero-order chi connectivity index (χ0) is 23.5. The van der Waals surface area contributed by atoms with Gasteiger partial charge in [-0.3, -0.25) is 9.69 Å². The van der Waals surface area contributed by atoms with Gasteiger partial charge in [-0.1, -0.05) is 42.8 Å². The number of aromatic amines is 1. The van der Waals surface area contributed by atoms with Crippen LogP contribution in [0.2, 0.25) is 0 Å². The Hall–Kier alpha value is -4.14. The van der Waals surface area contributed by atoms with Crippen molar-refractivity contribution in [3.8, 4) is 11.3 Å². The van der Waals surface area contributed by atoms with Crippen LogP contribution in [0.4, 0.5) is 11.4 Å². The van der Waals surface area contributed by atoms with Crippen LogP contribution in [0.25, 0.3) is 11.3 Å². The molecule has 0 atom stereocenters. The predicted molar refractivity (Wildman–Crippen MR) is 136 cm³/mol. The molecule has 0 bridgehead atoms. The van der Waals surface area contributed by atoms with Gasteiger partial charge >= 0.3 is 0 Å². The molecule has 1 aromatic heterocycles. The molecule has 1 aliphatic carbocycles. The summed E-state index contributed by atoms with van der Waals surface area (Å²) < 4.78 is 0. The highest BCUT2D eigenvalue weighted by Gasteiger charge is 2.43. The summed E-state index contributed by atoms with van der Waals surface area (Å²) in [6.45, 7) is 0.646. The van der Waals surface area contributed by atoms with E-state index in [0.29, 0.717) is 18.2 Å². The summed E-state index contributed by atoms with van der Waals surface area (Å²) >= 11 is 0. The molecular weight excluding hydrogens is 428 g/mol. The zero-order valence-electron chi connectivity index (χ0n) is 18.9. The molecule has 34 heavy (non-hydrogen) atoms. The van der Waals surface area contributed by atoms with E-state index >= 15 is 0 Å². The number of nitrogens with two attached hydrogens (primary N) is 2. The van der Waals surface area contributed by atoms with E-state index in [0.717, 1.165) is 54.6 Å². The van der Waals surface area contributed by atoms with E-state index in [9.17, 15) is 4.79 Å². The van der Waals surface area contributed by atoms with E-state index in [1.54, 1.807) is 6.07 Å². The Morgan fingerprint density at radius 1 is 1.00 bits per heavy atom. The van der Waals surface area contributed by atoms with Gasteiger partial charge < -0.3 is 16.8 Å². The standard InChI is InChI=1S/C25H28N8O/c26-23-29-24(27)33(25(30-23)13-5-2-6-14-25)21-15-18(19-11-12-22(34)32-31-19)9-10-20(21)28-16-17-7-3-1-4-8-17/h1,3-4,7-12,15,28H,2,5-6,13-14,16H2,(H,32,34)(H4,26,27,29,30). The van der Waals surface area contributed by atoms with E-state index in [4.69, 9.17) is 16.5 Å². The molecule has 0 saturated heterocycles. The number of aliphatic imine (C=N–C) groups is 2. The Morgan fingerprint density at radius 2 is 1.79 bits per heavy atom. The lowest BCUT2D eigenvalue weighted by molar-refractivity contribution is 0.305. The molecular formula is C25H28N8O. The van der Waals surface area contributed by atoms with Gasteiger partial charge in [0.25, 0.3) is 5.56 Å². The lowest BCUT2D eigenvalue weighted by Crippen LogP contribution is -2.58. The van der Waals surface area contributed by atoms with E-state index in [1.807, 2.05) is 41.3 Å². The minimum absolute atomic E-state index is 0.216. The van der Waals surface area contributed by atoms with Crippen molar-refractivity contribution in [2.75, 3.05) is 10.2 Å². The maximum Gasteiger partial charge on any atom is 0.264 e. The molecule has 6 N–H and O–H groups in total. The molecule has 9 heteroatoms. The lowest BCUT2D eigenvalue weighted by atomic mass is 9.87. The summed E-state index contributed by atoms with van der Waals surface area (Å²) in [6.07, 6.45) is 4.90. The number of hydrogen-bond donors (Lipinski definition) is 4. The molecule has 0 radical (unpaired) electrons. The fraction of sp³-hybridized carbons (Fsp3) is 0.280. The van der Waals surface area contributed by atoms with E-state index in [1.165, 1.54) is 6.07 Å². The molecule has 3 aromatic rings. The molecule has 1 fully saturated rings. The minimum Gasteiger partial charge on any atom is -0.379 e. The SMILES string of the molecule is NC1=NC2(CCCCC2)N(c2cc(-c3ccc(=O)[nH]n3)ccc2NCc2ccccc2)C(N)=N1. The van der Waals surface area contributed by atoms with Crippen LogP contribution < -0.4 is 27.2 Å². The molecule has 2 aliphatic rings. The molecule has 1 aliphatic heterocycles. The van der Waals surface area contributed by atoms with E-state index in [2.05, 4.69) is 32.6 Å². The quantitative estimate of drug-likeness (QED) is 0.465. The van der Waals surface area contributed by atoms with E-state index < -0.39 is 5.66 Å². The maximum atomic E-state index is 11.5. The van der Waals surface area contributed by atoms with Crippen LogP contribution >= 0.6 is 0 Å². The number of nitrogens with one attached hydrogen (secondary N) is 2. The first-order chi connectivity index (χ1) is 16.5. The maximum absolute atomic E-state index is 11.5. The first-order valence-electron chi connectivity index (χ1n) is 11.5. The summed E-state index contributed by atoms with van der Waals surface area (Å²) in [7, 11) is 0. The highest BCUT2D eigenvalue weighted by Crippen LogP contribution is 2.43. The van der Waals surface area contributed by atoms with Gasteiger partial charge in [0.05, 0.1) is 17.1 Å². The summed E-state index contributed by atoms with van der Waals surface area (Å²) in [5.74, 6) is 0.539. The van der Waals surface area contributed by atoms with Crippen LogP contribution in [0, 0.1) is 0 Å². The Balaban J connectivity index is 1.60. The minimum atomic E-state index is -0.575. The summed E-state index contributed by atoms with van der Waals surface area (Å²) in [5.41, 5.74) is 16.2. The first kappa shape index (κ1) is 21.7. The molecule has 0 amide bonds. The molecule has 1 spiro atoms. The van der Waals surface area contributed by atoms with Crippen LogP contribution in [0.1, 0.15) is 37.7 Å². The molecule has 1 saturated carbocycles. The average molecular weight is 457 g/mol. The monoisotopic (exact) mass is 456 g/mol. The Labute approximate surface area is 197 Å². The molecule has 2 aromatic carbocycles. The Bertz CT molecular complexity index is 1270. The zero-order valence-corrected chi connectivity index (χ0v) is 18.9. The highest BCUT2D eigenvalue weighted by molar-refractivity contribution is 6.07.